The molecule has 1 N–H and O–H groups in total. The highest BCUT2D eigenvalue weighted by atomic mass is 19.4. The molecule has 1 unspecified atom stereocenters. The van der Waals surface area contributed by atoms with Crippen molar-refractivity contribution in [1.82, 2.24) is 0 Å². The van der Waals surface area contributed by atoms with Gasteiger partial charge in [0.25, 0.3) is 0 Å². The number of rotatable bonds is 4. The molecule has 0 saturated heterocycles. The summed E-state index contributed by atoms with van der Waals surface area (Å²) in [6, 6.07) is 6.50. The predicted molar refractivity (Wildman–Crippen MR) is 65.7 cm³/mol. The van der Waals surface area contributed by atoms with E-state index < -0.39 is 18.7 Å². The molecule has 104 valence electrons. The van der Waals surface area contributed by atoms with Crippen LogP contribution in [0.3, 0.4) is 0 Å². The zero-order valence-corrected chi connectivity index (χ0v) is 10.7. The van der Waals surface area contributed by atoms with Crippen LogP contribution in [0.1, 0.15) is 30.6 Å². The third-order valence-corrected chi connectivity index (χ3v) is 2.75. The Kier molecular flexibility index (Phi) is 4.78. The zero-order chi connectivity index (χ0) is 14.6. The Hall–Kier alpha value is -1.74. The average molecular weight is 272 g/mol. The number of alkyl halides is 3. The van der Waals surface area contributed by atoms with E-state index in [2.05, 4.69) is 0 Å². The molecule has 0 bridgehead atoms. The largest absolute Gasteiger partial charge is 0.390 e. The number of hydrogen-bond acceptors (Lipinski definition) is 3. The van der Waals surface area contributed by atoms with Crippen LogP contribution in [0.15, 0.2) is 18.2 Å². The van der Waals surface area contributed by atoms with Gasteiger partial charge in [0, 0.05) is 24.8 Å². The lowest BCUT2D eigenvalue weighted by molar-refractivity contribution is -0.132. The number of nitrogens with zero attached hydrogens (tertiary/aromatic N) is 2. The molecule has 0 saturated carbocycles. The van der Waals surface area contributed by atoms with E-state index in [-0.39, 0.29) is 6.54 Å². The van der Waals surface area contributed by atoms with E-state index in [1.165, 1.54) is 31.0 Å². The summed E-state index contributed by atoms with van der Waals surface area (Å²) in [6.07, 6.45) is -5.98. The van der Waals surface area contributed by atoms with E-state index in [0.29, 0.717) is 16.8 Å². The Morgan fingerprint density at radius 2 is 2.05 bits per heavy atom. The van der Waals surface area contributed by atoms with Crippen molar-refractivity contribution in [3.05, 3.63) is 29.3 Å². The van der Waals surface area contributed by atoms with Crippen LogP contribution in [0.4, 0.5) is 18.9 Å². The normalized spacial score (nSPS) is 12.9. The molecule has 3 nitrogen and oxygen atoms in total. The molecule has 1 aromatic carbocycles. The highest BCUT2D eigenvalue weighted by Gasteiger charge is 2.27. The smallest absolute Gasteiger partial charge is 0.389 e. The number of hydrogen-bond donors (Lipinski definition) is 1. The van der Waals surface area contributed by atoms with Crippen LogP contribution in [-0.2, 0) is 0 Å². The summed E-state index contributed by atoms with van der Waals surface area (Å²) in [5.74, 6) is 0. The van der Waals surface area contributed by atoms with Crippen molar-refractivity contribution in [3.8, 4) is 6.07 Å². The van der Waals surface area contributed by atoms with E-state index >= 15 is 0 Å². The number of nitriles is 1. The Balaban J connectivity index is 2.99. The van der Waals surface area contributed by atoms with Gasteiger partial charge >= 0.3 is 6.18 Å². The van der Waals surface area contributed by atoms with Gasteiger partial charge in [-0.25, -0.2) is 0 Å². The van der Waals surface area contributed by atoms with Gasteiger partial charge in [-0.15, -0.1) is 0 Å². The molecule has 0 radical (unpaired) electrons. The van der Waals surface area contributed by atoms with Crippen LogP contribution in [0, 0.1) is 11.3 Å². The van der Waals surface area contributed by atoms with Crippen molar-refractivity contribution in [1.29, 1.82) is 5.26 Å². The molecule has 0 heterocycles. The minimum atomic E-state index is -4.23. The van der Waals surface area contributed by atoms with E-state index in [4.69, 9.17) is 5.26 Å². The van der Waals surface area contributed by atoms with Crippen LogP contribution in [0.25, 0.3) is 0 Å². The number of anilines is 1. The van der Waals surface area contributed by atoms with Crippen LogP contribution in [0.5, 0.6) is 0 Å². The minimum Gasteiger partial charge on any atom is -0.389 e. The summed E-state index contributed by atoms with van der Waals surface area (Å²) in [5.41, 5.74) is 1.29. The molecule has 1 atom stereocenters. The quantitative estimate of drug-likeness (QED) is 0.916. The van der Waals surface area contributed by atoms with Gasteiger partial charge in [0.15, 0.2) is 0 Å². The van der Waals surface area contributed by atoms with Crippen molar-refractivity contribution in [2.24, 2.45) is 0 Å². The SMILES string of the molecule is CC(O)c1ccc(C#N)cc1N(C)CCC(F)(F)F. The first-order valence-electron chi connectivity index (χ1n) is 5.74. The lowest BCUT2D eigenvalue weighted by atomic mass is 10.0. The standard InChI is InChI=1S/C13H15F3N2O/c1-9(19)11-4-3-10(8-17)7-12(11)18(2)6-5-13(14,15)16/h3-4,7,9,19H,5-6H2,1-2H3. The Labute approximate surface area is 109 Å². The molecule has 0 fully saturated rings. The summed E-state index contributed by atoms with van der Waals surface area (Å²) >= 11 is 0. The lowest BCUT2D eigenvalue weighted by Crippen LogP contribution is -2.25. The molecule has 0 aliphatic carbocycles. The molecular formula is C13H15F3N2O. The van der Waals surface area contributed by atoms with E-state index in [0.717, 1.165) is 0 Å². The number of halogens is 3. The Bertz CT molecular complexity index is 478. The van der Waals surface area contributed by atoms with Crippen molar-refractivity contribution < 1.29 is 18.3 Å². The molecule has 19 heavy (non-hydrogen) atoms. The monoisotopic (exact) mass is 272 g/mol. The molecule has 0 aliphatic heterocycles. The second kappa shape index (κ2) is 5.93. The molecule has 0 aliphatic rings. The summed E-state index contributed by atoms with van der Waals surface area (Å²) in [5, 5.41) is 18.4. The van der Waals surface area contributed by atoms with Crippen LogP contribution < -0.4 is 4.90 Å². The lowest BCUT2D eigenvalue weighted by Gasteiger charge is -2.24. The van der Waals surface area contributed by atoms with Crippen molar-refractivity contribution >= 4 is 5.69 Å². The van der Waals surface area contributed by atoms with Crippen LogP contribution in [-0.4, -0.2) is 24.9 Å². The highest BCUT2D eigenvalue weighted by Crippen LogP contribution is 2.28. The first-order valence-corrected chi connectivity index (χ1v) is 5.74. The number of aliphatic hydroxyl groups excluding tert-OH is 1. The van der Waals surface area contributed by atoms with Gasteiger partial charge in [0.1, 0.15) is 0 Å². The average Bonchev–Trinajstić information content (AvgIpc) is 2.34. The van der Waals surface area contributed by atoms with Gasteiger partial charge in [-0.3, -0.25) is 0 Å². The molecule has 1 aromatic rings. The van der Waals surface area contributed by atoms with Crippen molar-refractivity contribution in [3.63, 3.8) is 0 Å². The molecule has 1 rings (SSSR count). The van der Waals surface area contributed by atoms with Gasteiger partial charge < -0.3 is 10.0 Å². The third kappa shape index (κ3) is 4.45. The van der Waals surface area contributed by atoms with Crippen molar-refractivity contribution in [2.75, 3.05) is 18.5 Å². The van der Waals surface area contributed by atoms with E-state index in [9.17, 15) is 18.3 Å². The van der Waals surface area contributed by atoms with Crippen molar-refractivity contribution in [2.45, 2.75) is 25.6 Å². The fraction of sp³-hybridized carbons (Fsp3) is 0.462. The van der Waals surface area contributed by atoms with Gasteiger partial charge in [-0.1, -0.05) is 6.07 Å². The molecule has 0 amide bonds. The molecule has 6 heteroatoms. The number of benzene rings is 1. The van der Waals surface area contributed by atoms with Gasteiger partial charge in [0.2, 0.25) is 0 Å². The van der Waals surface area contributed by atoms with Crippen LogP contribution >= 0.6 is 0 Å². The predicted octanol–water partition coefficient (Wildman–Crippen LogP) is 3.00. The summed E-state index contributed by atoms with van der Waals surface area (Å²) < 4.78 is 36.6. The molecular weight excluding hydrogens is 257 g/mol. The van der Waals surface area contributed by atoms with E-state index in [1.807, 2.05) is 6.07 Å². The second-order valence-electron chi connectivity index (χ2n) is 4.35. The van der Waals surface area contributed by atoms with Gasteiger partial charge in [0.05, 0.1) is 24.2 Å². The first-order chi connectivity index (χ1) is 8.74. The Morgan fingerprint density at radius 3 is 2.53 bits per heavy atom. The second-order valence-corrected chi connectivity index (χ2v) is 4.35. The van der Waals surface area contributed by atoms with Crippen LogP contribution in [0.2, 0.25) is 0 Å². The fourth-order valence-corrected chi connectivity index (χ4v) is 1.71. The third-order valence-electron chi connectivity index (χ3n) is 2.75. The summed E-state index contributed by atoms with van der Waals surface area (Å²) in [4.78, 5) is 1.40. The topological polar surface area (TPSA) is 47.3 Å². The minimum absolute atomic E-state index is 0.224. The summed E-state index contributed by atoms with van der Waals surface area (Å²) in [7, 11) is 1.51. The van der Waals surface area contributed by atoms with E-state index in [1.54, 1.807) is 6.07 Å². The summed E-state index contributed by atoms with van der Waals surface area (Å²) in [6.45, 7) is 1.31. The first kappa shape index (κ1) is 15.3. The number of aliphatic hydroxyl groups is 1. The zero-order valence-electron chi connectivity index (χ0n) is 10.7. The highest BCUT2D eigenvalue weighted by molar-refractivity contribution is 5.58. The van der Waals surface area contributed by atoms with Gasteiger partial charge in [-0.2, -0.15) is 18.4 Å². The van der Waals surface area contributed by atoms with Gasteiger partial charge in [-0.05, 0) is 19.1 Å². The fourth-order valence-electron chi connectivity index (χ4n) is 1.71. The maximum Gasteiger partial charge on any atom is 0.390 e. The maximum absolute atomic E-state index is 12.2. The molecule has 0 aromatic heterocycles. The maximum atomic E-state index is 12.2. The Morgan fingerprint density at radius 1 is 1.42 bits per heavy atom. The molecule has 0 spiro atoms.